The maximum absolute atomic E-state index is 12.9. The van der Waals surface area contributed by atoms with Crippen molar-refractivity contribution in [2.45, 2.75) is 19.1 Å². The van der Waals surface area contributed by atoms with E-state index >= 15 is 0 Å². The molecular weight excluding hydrogens is 438 g/mol. The van der Waals surface area contributed by atoms with Gasteiger partial charge in [0.1, 0.15) is 12.7 Å². The SMILES string of the molecule is COc1cc(C2=NO[C@@H]3[C@@H]4C[C@@H]([C@H]5C(=O)N(C(N)=O)C(=O)[C@@H]45)[C@H]23)ccc1OCc1ccccc1. The fourth-order valence-electron chi connectivity index (χ4n) is 6.26. The van der Waals surface area contributed by atoms with Gasteiger partial charge in [0.2, 0.25) is 11.8 Å². The Morgan fingerprint density at radius 2 is 1.79 bits per heavy atom. The minimum Gasteiger partial charge on any atom is -0.493 e. The van der Waals surface area contributed by atoms with E-state index in [1.165, 1.54) is 0 Å². The second-order valence-electron chi connectivity index (χ2n) is 9.18. The average molecular weight is 461 g/mol. The van der Waals surface area contributed by atoms with Crippen molar-refractivity contribution in [2.24, 2.45) is 40.5 Å². The number of methoxy groups -OCH3 is 1. The first kappa shape index (κ1) is 20.7. The fourth-order valence-corrected chi connectivity index (χ4v) is 6.26. The molecule has 0 spiro atoms. The van der Waals surface area contributed by atoms with Crippen molar-refractivity contribution in [1.29, 1.82) is 0 Å². The summed E-state index contributed by atoms with van der Waals surface area (Å²) in [5.41, 5.74) is 7.88. The molecule has 3 fully saturated rings. The van der Waals surface area contributed by atoms with E-state index in [9.17, 15) is 14.4 Å². The standard InChI is InChI=1S/C25H23N3O6/c1-32-17-9-13(7-8-16(17)33-11-12-5-3-2-4-6-12)21-20-14-10-15(22(20)34-27-21)19-18(14)23(29)28(24(19)30)25(26)31/h2-9,14-15,18-20,22H,10-11H2,1H3,(H2,26,31)/t14-,15+,18+,19-,20+,22+/m0/s1. The first-order valence-corrected chi connectivity index (χ1v) is 11.3. The van der Waals surface area contributed by atoms with Crippen molar-refractivity contribution in [3.63, 3.8) is 0 Å². The van der Waals surface area contributed by atoms with Crippen LogP contribution in [0.5, 0.6) is 11.5 Å². The summed E-state index contributed by atoms with van der Waals surface area (Å²) in [5.74, 6) is -1.41. The van der Waals surface area contributed by atoms with Crippen LogP contribution in [0.1, 0.15) is 17.5 Å². The Morgan fingerprint density at radius 1 is 1.06 bits per heavy atom. The van der Waals surface area contributed by atoms with Crippen LogP contribution in [0.2, 0.25) is 0 Å². The number of carbonyl (C=O) groups excluding carboxylic acids is 3. The number of hydrogen-bond acceptors (Lipinski definition) is 7. The number of primary amides is 1. The highest BCUT2D eigenvalue weighted by atomic mass is 16.6. The molecule has 2 aromatic rings. The van der Waals surface area contributed by atoms with Crippen LogP contribution >= 0.6 is 0 Å². The molecule has 4 aliphatic rings. The van der Waals surface area contributed by atoms with Gasteiger partial charge in [-0.3, -0.25) is 9.59 Å². The molecule has 2 aliphatic heterocycles. The number of urea groups is 1. The zero-order chi connectivity index (χ0) is 23.6. The van der Waals surface area contributed by atoms with Gasteiger partial charge in [0.25, 0.3) is 0 Å². The molecular formula is C25H23N3O6. The maximum Gasteiger partial charge on any atom is 0.328 e. The lowest BCUT2D eigenvalue weighted by atomic mass is 9.71. The zero-order valence-electron chi connectivity index (χ0n) is 18.4. The smallest absolute Gasteiger partial charge is 0.328 e. The number of likely N-dealkylation sites (tertiary alicyclic amines) is 1. The molecule has 2 bridgehead atoms. The number of carbonyl (C=O) groups is 3. The predicted octanol–water partition coefficient (Wildman–Crippen LogP) is 2.32. The third-order valence-corrected chi connectivity index (χ3v) is 7.61. The summed E-state index contributed by atoms with van der Waals surface area (Å²) in [4.78, 5) is 43.7. The van der Waals surface area contributed by atoms with Crippen molar-refractivity contribution in [2.75, 3.05) is 7.11 Å². The van der Waals surface area contributed by atoms with Crippen molar-refractivity contribution < 1.29 is 28.7 Å². The molecule has 9 heteroatoms. The molecule has 1 saturated heterocycles. The van der Waals surface area contributed by atoms with Gasteiger partial charge in [-0.2, -0.15) is 4.90 Å². The number of rotatable bonds is 5. The second-order valence-corrected chi connectivity index (χ2v) is 9.18. The molecule has 34 heavy (non-hydrogen) atoms. The van der Waals surface area contributed by atoms with Crippen molar-refractivity contribution in [1.82, 2.24) is 4.90 Å². The van der Waals surface area contributed by atoms with E-state index in [2.05, 4.69) is 5.16 Å². The van der Waals surface area contributed by atoms with E-state index in [0.29, 0.717) is 29.4 Å². The maximum atomic E-state index is 12.9. The Morgan fingerprint density at radius 3 is 2.50 bits per heavy atom. The van der Waals surface area contributed by atoms with Gasteiger partial charge in [0, 0.05) is 17.4 Å². The van der Waals surface area contributed by atoms with Gasteiger partial charge in [0.15, 0.2) is 11.5 Å². The van der Waals surface area contributed by atoms with Gasteiger partial charge in [0.05, 0.1) is 24.7 Å². The van der Waals surface area contributed by atoms with Crippen molar-refractivity contribution >= 4 is 23.6 Å². The molecule has 9 nitrogen and oxygen atoms in total. The van der Waals surface area contributed by atoms with E-state index in [1.54, 1.807) is 7.11 Å². The molecule has 0 radical (unpaired) electrons. The monoisotopic (exact) mass is 461 g/mol. The van der Waals surface area contributed by atoms with Crippen LogP contribution in [0.25, 0.3) is 0 Å². The van der Waals surface area contributed by atoms with Crippen LogP contribution in [0.3, 0.4) is 0 Å². The summed E-state index contributed by atoms with van der Waals surface area (Å²) in [6.07, 6.45) is 0.384. The number of amides is 4. The third-order valence-electron chi connectivity index (χ3n) is 7.61. The van der Waals surface area contributed by atoms with Crippen molar-refractivity contribution in [3.8, 4) is 11.5 Å². The summed E-state index contributed by atoms with van der Waals surface area (Å²) >= 11 is 0. The topological polar surface area (TPSA) is 121 Å². The van der Waals surface area contributed by atoms with E-state index in [4.69, 9.17) is 20.0 Å². The van der Waals surface area contributed by atoms with Gasteiger partial charge >= 0.3 is 6.03 Å². The Kier molecular flexibility index (Phi) is 4.62. The number of ether oxygens (including phenoxy) is 2. The highest BCUT2D eigenvalue weighted by Gasteiger charge is 2.71. The molecule has 2 aliphatic carbocycles. The lowest BCUT2D eigenvalue weighted by Gasteiger charge is -2.29. The Hall–Kier alpha value is -3.88. The molecule has 2 heterocycles. The highest BCUT2D eigenvalue weighted by Crippen LogP contribution is 2.61. The Balaban J connectivity index is 1.25. The normalized spacial score (nSPS) is 30.6. The van der Waals surface area contributed by atoms with Gasteiger partial charge in [-0.1, -0.05) is 35.5 Å². The predicted molar refractivity (Wildman–Crippen MR) is 119 cm³/mol. The second kappa shape index (κ2) is 7.58. The molecule has 4 amide bonds. The molecule has 174 valence electrons. The van der Waals surface area contributed by atoms with Gasteiger partial charge in [-0.25, -0.2) is 4.79 Å². The van der Waals surface area contributed by atoms with E-state index in [0.717, 1.165) is 16.8 Å². The van der Waals surface area contributed by atoms with Crippen LogP contribution in [0.4, 0.5) is 4.79 Å². The molecule has 0 unspecified atom stereocenters. The highest BCUT2D eigenvalue weighted by molar-refractivity contribution is 6.17. The number of nitrogens with two attached hydrogens (primary N) is 1. The molecule has 6 atom stereocenters. The largest absolute Gasteiger partial charge is 0.493 e. The van der Waals surface area contributed by atoms with E-state index < -0.39 is 29.7 Å². The number of nitrogens with zero attached hydrogens (tertiary/aromatic N) is 2. The van der Waals surface area contributed by atoms with Crippen LogP contribution in [0.15, 0.2) is 53.7 Å². The summed E-state index contributed by atoms with van der Waals surface area (Å²) in [7, 11) is 1.58. The Bertz CT molecular complexity index is 1230. The van der Waals surface area contributed by atoms with Gasteiger partial charge in [-0.15, -0.1) is 0 Å². The molecule has 6 rings (SSSR count). The summed E-state index contributed by atoms with van der Waals surface area (Å²) in [6.45, 7) is 0.407. The minimum atomic E-state index is -1.01. The molecule has 2 N–H and O–H groups in total. The number of hydrogen-bond donors (Lipinski definition) is 1. The van der Waals surface area contributed by atoms with Crippen molar-refractivity contribution in [3.05, 3.63) is 59.7 Å². The number of oxime groups is 1. The lowest BCUT2D eigenvalue weighted by Crippen LogP contribution is -2.42. The number of fused-ring (bicyclic) bond motifs is 8. The first-order chi connectivity index (χ1) is 16.5. The number of imide groups is 3. The minimum absolute atomic E-state index is 0.137. The lowest BCUT2D eigenvalue weighted by molar-refractivity contribution is -0.137. The average Bonchev–Trinajstić information content (AvgIpc) is 3.58. The quantitative estimate of drug-likeness (QED) is 0.683. The summed E-state index contributed by atoms with van der Waals surface area (Å²) < 4.78 is 11.5. The van der Waals surface area contributed by atoms with Gasteiger partial charge in [-0.05, 0) is 36.1 Å². The molecule has 2 saturated carbocycles. The fraction of sp³-hybridized carbons (Fsp3) is 0.360. The van der Waals surface area contributed by atoms with Crippen LogP contribution < -0.4 is 15.2 Å². The zero-order valence-corrected chi connectivity index (χ0v) is 18.4. The first-order valence-electron chi connectivity index (χ1n) is 11.3. The molecule has 2 aromatic carbocycles. The third kappa shape index (κ3) is 2.85. The van der Waals surface area contributed by atoms with Crippen LogP contribution in [-0.2, 0) is 21.0 Å². The van der Waals surface area contributed by atoms with Gasteiger partial charge < -0.3 is 20.0 Å². The van der Waals surface area contributed by atoms with Crippen LogP contribution in [-0.4, -0.2) is 41.7 Å². The summed E-state index contributed by atoms with van der Waals surface area (Å²) in [6, 6.07) is 14.4. The Labute approximate surface area is 195 Å². The van der Waals surface area contributed by atoms with Crippen LogP contribution in [0, 0.1) is 29.6 Å². The van der Waals surface area contributed by atoms with E-state index in [1.807, 2.05) is 48.5 Å². The number of benzene rings is 2. The molecule has 0 aromatic heterocycles. The van der Waals surface area contributed by atoms with E-state index in [-0.39, 0.29) is 23.9 Å². The summed E-state index contributed by atoms with van der Waals surface area (Å²) in [5, 5.41) is 4.35.